The van der Waals surface area contributed by atoms with E-state index in [9.17, 15) is 24.3 Å². The van der Waals surface area contributed by atoms with Crippen LogP contribution in [-0.4, -0.2) is 106 Å². The highest BCUT2D eigenvalue weighted by molar-refractivity contribution is 5.97. The number of anilines is 3. The van der Waals surface area contributed by atoms with E-state index < -0.39 is 30.2 Å². The van der Waals surface area contributed by atoms with Gasteiger partial charge < -0.3 is 35.4 Å². The number of carbonyl (C=O) groups is 4. The lowest BCUT2D eigenvalue weighted by Crippen LogP contribution is -2.57. The van der Waals surface area contributed by atoms with Crippen LogP contribution < -0.4 is 21.4 Å². The number of morpholine rings is 1. The number of primary amides is 1. The lowest BCUT2D eigenvalue weighted by molar-refractivity contribution is 0.0303. The molecule has 1 aromatic heterocycles. The van der Waals surface area contributed by atoms with Gasteiger partial charge in [-0.25, -0.2) is 20.0 Å². The summed E-state index contributed by atoms with van der Waals surface area (Å²) < 4.78 is 10.3. The van der Waals surface area contributed by atoms with E-state index in [0.717, 1.165) is 5.01 Å². The van der Waals surface area contributed by atoms with Crippen LogP contribution in [0.3, 0.4) is 0 Å². The van der Waals surface area contributed by atoms with Crippen LogP contribution >= 0.6 is 0 Å². The molecule has 2 saturated heterocycles. The molecule has 3 heterocycles. The Labute approximate surface area is 235 Å². The maximum Gasteiger partial charge on any atom is 0.426 e. The van der Waals surface area contributed by atoms with E-state index in [4.69, 9.17) is 15.2 Å². The molecule has 41 heavy (non-hydrogen) atoms. The number of nitrogens with zero attached hydrogens (tertiary/aromatic N) is 6. The number of ether oxygens (including phenoxy) is 2. The quantitative estimate of drug-likeness (QED) is 0.346. The zero-order chi connectivity index (χ0) is 29.5. The van der Waals surface area contributed by atoms with E-state index in [1.54, 1.807) is 47.9 Å². The van der Waals surface area contributed by atoms with Crippen LogP contribution in [0.4, 0.5) is 27.0 Å². The molecule has 2 fully saturated rings. The van der Waals surface area contributed by atoms with Crippen molar-refractivity contribution in [2.75, 3.05) is 49.6 Å². The molecule has 0 spiro atoms. The molecule has 2 aliphatic rings. The minimum atomic E-state index is -1.35. The third-order valence-electron chi connectivity index (χ3n) is 6.41. The van der Waals surface area contributed by atoms with Crippen LogP contribution in [0, 0.1) is 0 Å². The van der Waals surface area contributed by atoms with Crippen LogP contribution in [0.15, 0.2) is 24.3 Å². The van der Waals surface area contributed by atoms with Crippen LogP contribution in [0.2, 0.25) is 0 Å². The fourth-order valence-corrected chi connectivity index (χ4v) is 4.47. The Bertz CT molecular complexity index is 1270. The molecule has 0 radical (unpaired) electrons. The van der Waals surface area contributed by atoms with Gasteiger partial charge in [-0.3, -0.25) is 9.59 Å². The van der Waals surface area contributed by atoms with Gasteiger partial charge in [0.1, 0.15) is 0 Å². The summed E-state index contributed by atoms with van der Waals surface area (Å²) in [4.78, 5) is 56.6. The van der Waals surface area contributed by atoms with Crippen molar-refractivity contribution in [2.24, 2.45) is 5.73 Å². The largest absolute Gasteiger partial charge is 0.464 e. The Balaban J connectivity index is 1.49. The minimum Gasteiger partial charge on any atom is -0.464 e. The molecule has 1 atom stereocenters. The number of hydrogen-bond donors (Lipinski definition) is 4. The predicted molar refractivity (Wildman–Crippen MR) is 145 cm³/mol. The van der Waals surface area contributed by atoms with Crippen molar-refractivity contribution in [1.29, 1.82) is 0 Å². The summed E-state index contributed by atoms with van der Waals surface area (Å²) in [5, 5.41) is 21.5. The van der Waals surface area contributed by atoms with Crippen molar-refractivity contribution >= 4 is 41.5 Å². The molecule has 0 aliphatic carbocycles. The molecular weight excluding hydrogens is 538 g/mol. The van der Waals surface area contributed by atoms with E-state index in [1.807, 2.05) is 0 Å². The summed E-state index contributed by atoms with van der Waals surface area (Å²) in [5.41, 5.74) is 8.61. The SMILES string of the molecule is CC(C)OC(=O)NN(C(=O)O)[C@@H]1CCCN(c2nnc(C(N)=O)c(Nc3ccc(C(=O)N4CCOCC4)cc3)n2)C1. The van der Waals surface area contributed by atoms with Crippen molar-refractivity contribution in [3.05, 3.63) is 35.5 Å². The monoisotopic (exact) mass is 571 g/mol. The Morgan fingerprint density at radius 3 is 2.46 bits per heavy atom. The fraction of sp³-hybridized carbons (Fsp3) is 0.480. The molecule has 16 heteroatoms. The van der Waals surface area contributed by atoms with Crippen molar-refractivity contribution in [1.82, 2.24) is 30.5 Å². The Kier molecular flexibility index (Phi) is 9.34. The number of hydrogen-bond acceptors (Lipinski definition) is 11. The molecule has 4 rings (SSSR count). The molecule has 2 aliphatic heterocycles. The van der Waals surface area contributed by atoms with E-state index in [2.05, 4.69) is 25.9 Å². The predicted octanol–water partition coefficient (Wildman–Crippen LogP) is 1.18. The van der Waals surface area contributed by atoms with Crippen molar-refractivity contribution in [2.45, 2.75) is 38.8 Å². The number of carbonyl (C=O) groups excluding carboxylic acids is 3. The number of hydrazine groups is 1. The van der Waals surface area contributed by atoms with Crippen LogP contribution in [0.5, 0.6) is 0 Å². The molecular formula is C25H33N9O7. The standard InChI is InChI=1S/C25H33N9O7/c1-15(2)41-24(37)31-34(25(38)39)18-4-3-9-33(14-18)23-28-21(19(20(26)35)29-30-23)27-17-7-5-16(6-8-17)22(36)32-10-12-40-13-11-32/h5-8,15,18H,3-4,9-14H2,1-2H3,(H2,26,35)(H,31,37)(H,38,39)(H,27,28,30)/t18-/m1/s1. The van der Waals surface area contributed by atoms with Crippen LogP contribution in [0.25, 0.3) is 0 Å². The summed E-state index contributed by atoms with van der Waals surface area (Å²) >= 11 is 0. The van der Waals surface area contributed by atoms with Crippen molar-refractivity contribution in [3.63, 3.8) is 0 Å². The summed E-state index contributed by atoms with van der Waals surface area (Å²) in [7, 11) is 0. The number of amides is 4. The van der Waals surface area contributed by atoms with Gasteiger partial charge in [0.2, 0.25) is 5.95 Å². The highest BCUT2D eigenvalue weighted by Crippen LogP contribution is 2.24. The van der Waals surface area contributed by atoms with Gasteiger partial charge in [-0.15, -0.1) is 10.2 Å². The number of benzene rings is 1. The van der Waals surface area contributed by atoms with E-state index in [-0.39, 0.29) is 29.9 Å². The fourth-order valence-electron chi connectivity index (χ4n) is 4.47. The molecule has 16 nitrogen and oxygen atoms in total. The average Bonchev–Trinajstić information content (AvgIpc) is 2.96. The number of carboxylic acid groups (broad SMARTS) is 1. The maximum absolute atomic E-state index is 12.7. The summed E-state index contributed by atoms with van der Waals surface area (Å²) in [6.45, 7) is 5.97. The molecule has 5 N–H and O–H groups in total. The number of nitrogens with two attached hydrogens (primary N) is 1. The Morgan fingerprint density at radius 2 is 1.83 bits per heavy atom. The van der Waals surface area contributed by atoms with E-state index >= 15 is 0 Å². The molecule has 220 valence electrons. The second-order valence-electron chi connectivity index (χ2n) is 9.74. The molecule has 0 saturated carbocycles. The minimum absolute atomic E-state index is 0.0469. The highest BCUT2D eigenvalue weighted by atomic mass is 16.6. The maximum atomic E-state index is 12.7. The zero-order valence-corrected chi connectivity index (χ0v) is 22.8. The third-order valence-corrected chi connectivity index (χ3v) is 6.41. The van der Waals surface area contributed by atoms with Gasteiger partial charge in [-0.1, -0.05) is 0 Å². The van der Waals surface area contributed by atoms with Gasteiger partial charge >= 0.3 is 12.2 Å². The lowest BCUT2D eigenvalue weighted by atomic mass is 10.1. The van der Waals surface area contributed by atoms with Gasteiger partial charge in [0.15, 0.2) is 11.5 Å². The average molecular weight is 572 g/mol. The van der Waals surface area contributed by atoms with Crippen molar-refractivity contribution < 1.29 is 33.8 Å². The topological polar surface area (TPSA) is 205 Å². The number of aromatic nitrogens is 3. The first-order chi connectivity index (χ1) is 19.6. The smallest absolute Gasteiger partial charge is 0.426 e. The highest BCUT2D eigenvalue weighted by Gasteiger charge is 2.32. The first-order valence-electron chi connectivity index (χ1n) is 13.2. The second kappa shape index (κ2) is 13.1. The molecule has 1 aromatic carbocycles. The van der Waals surface area contributed by atoms with Gasteiger partial charge in [-0.05, 0) is 51.0 Å². The van der Waals surface area contributed by atoms with Crippen LogP contribution in [0.1, 0.15) is 47.5 Å². The molecule has 0 bridgehead atoms. The van der Waals surface area contributed by atoms with Gasteiger partial charge in [-0.2, -0.15) is 4.98 Å². The number of piperidine rings is 1. The number of rotatable bonds is 7. The van der Waals surface area contributed by atoms with Gasteiger partial charge in [0.05, 0.1) is 25.4 Å². The first-order valence-corrected chi connectivity index (χ1v) is 13.2. The van der Waals surface area contributed by atoms with E-state index in [1.165, 1.54) is 0 Å². The van der Waals surface area contributed by atoms with Gasteiger partial charge in [0, 0.05) is 37.4 Å². The van der Waals surface area contributed by atoms with Crippen LogP contribution in [-0.2, 0) is 9.47 Å². The zero-order valence-electron chi connectivity index (χ0n) is 22.8. The molecule has 0 unspecified atom stereocenters. The third kappa shape index (κ3) is 7.47. The first kappa shape index (κ1) is 29.3. The Hall–Kier alpha value is -4.73. The lowest BCUT2D eigenvalue weighted by Gasteiger charge is -2.37. The van der Waals surface area contributed by atoms with E-state index in [0.29, 0.717) is 56.9 Å². The van der Waals surface area contributed by atoms with Crippen molar-refractivity contribution in [3.8, 4) is 0 Å². The Morgan fingerprint density at radius 1 is 1.12 bits per heavy atom. The molecule has 2 aromatic rings. The normalized spacial score (nSPS) is 17.1. The second-order valence-corrected chi connectivity index (χ2v) is 9.74. The summed E-state index contributed by atoms with van der Waals surface area (Å²) in [6.07, 6.45) is -1.62. The summed E-state index contributed by atoms with van der Waals surface area (Å²) in [6, 6.07) is 6.03. The van der Waals surface area contributed by atoms with Gasteiger partial charge in [0.25, 0.3) is 11.8 Å². The molecule has 4 amide bonds. The number of nitrogens with one attached hydrogen (secondary N) is 2. The summed E-state index contributed by atoms with van der Waals surface area (Å²) in [5.74, 6) is -0.771.